The Balaban J connectivity index is 0.000000532. The molecule has 0 saturated carbocycles. The first-order chi connectivity index (χ1) is 18.3. The number of aromatic carboxylic acids is 1. The first-order valence-corrected chi connectivity index (χ1v) is 12.6. The lowest BCUT2D eigenvalue weighted by atomic mass is 10.1. The highest BCUT2D eigenvalue weighted by Gasteiger charge is 2.38. The van der Waals surface area contributed by atoms with Gasteiger partial charge in [0.05, 0.1) is 21.8 Å². The number of hydrogen-bond donors (Lipinski definition) is 3. The fourth-order valence-corrected chi connectivity index (χ4v) is 4.68. The summed E-state index contributed by atoms with van der Waals surface area (Å²) in [6, 6.07) is 14.6. The van der Waals surface area contributed by atoms with Gasteiger partial charge in [0.2, 0.25) is 0 Å². The second kappa shape index (κ2) is 12.0. The van der Waals surface area contributed by atoms with Gasteiger partial charge in [0, 0.05) is 32.4 Å². The maximum Gasteiger partial charge on any atom is 0.490 e. The van der Waals surface area contributed by atoms with Crippen LogP contribution in [0.4, 0.5) is 34.8 Å². The van der Waals surface area contributed by atoms with E-state index in [4.69, 9.17) is 9.90 Å². The van der Waals surface area contributed by atoms with Crippen molar-refractivity contribution in [2.24, 2.45) is 0 Å². The van der Waals surface area contributed by atoms with Gasteiger partial charge < -0.3 is 20.0 Å². The zero-order valence-electron chi connectivity index (χ0n) is 20.0. The Labute approximate surface area is 220 Å². The van der Waals surface area contributed by atoms with Crippen LogP contribution in [-0.2, 0) is 14.8 Å². The third kappa shape index (κ3) is 7.80. The molecule has 0 unspecified atom stereocenters. The van der Waals surface area contributed by atoms with Crippen molar-refractivity contribution in [3.05, 3.63) is 78.2 Å². The SMILES string of the molecule is O=C(O)C(F)(F)F.O=C(O)c1ccc(N2CCN(c3ccccn3)CC2)c(NS(=O)(=O)c2cccc(F)c2)c1. The molecule has 3 aromatic rings. The molecular formula is C24H22F4N4O6S. The molecule has 0 bridgehead atoms. The number of rotatable bonds is 6. The Morgan fingerprint density at radius 3 is 2.08 bits per heavy atom. The molecule has 2 heterocycles. The number of pyridine rings is 1. The van der Waals surface area contributed by atoms with Gasteiger partial charge in [-0.1, -0.05) is 12.1 Å². The molecule has 1 aromatic heterocycles. The van der Waals surface area contributed by atoms with Crippen LogP contribution in [0.25, 0.3) is 0 Å². The minimum atomic E-state index is -5.08. The average molecular weight is 571 g/mol. The number of halogens is 4. The number of aliphatic carboxylic acids is 1. The summed E-state index contributed by atoms with van der Waals surface area (Å²) in [7, 11) is -4.12. The molecule has 1 aliphatic heterocycles. The maximum absolute atomic E-state index is 13.6. The topological polar surface area (TPSA) is 140 Å². The second-order valence-corrected chi connectivity index (χ2v) is 9.75. The molecule has 0 aliphatic carbocycles. The summed E-state index contributed by atoms with van der Waals surface area (Å²) >= 11 is 0. The molecule has 0 radical (unpaired) electrons. The lowest BCUT2D eigenvalue weighted by molar-refractivity contribution is -0.192. The van der Waals surface area contributed by atoms with Crippen molar-refractivity contribution in [1.29, 1.82) is 0 Å². The summed E-state index contributed by atoms with van der Waals surface area (Å²) in [5.74, 6) is -3.76. The number of anilines is 3. The highest BCUT2D eigenvalue weighted by molar-refractivity contribution is 7.92. The summed E-state index contributed by atoms with van der Waals surface area (Å²) in [6.07, 6.45) is -3.36. The lowest BCUT2D eigenvalue weighted by Crippen LogP contribution is -2.47. The van der Waals surface area contributed by atoms with Gasteiger partial charge in [0.25, 0.3) is 10.0 Å². The number of alkyl halides is 3. The quantitative estimate of drug-likeness (QED) is 0.379. The van der Waals surface area contributed by atoms with Gasteiger partial charge >= 0.3 is 18.1 Å². The van der Waals surface area contributed by atoms with E-state index < -0.39 is 34.0 Å². The molecule has 1 aliphatic rings. The van der Waals surface area contributed by atoms with Gasteiger partial charge in [-0.05, 0) is 48.5 Å². The summed E-state index contributed by atoms with van der Waals surface area (Å²) in [4.78, 5) is 28.6. The summed E-state index contributed by atoms with van der Waals surface area (Å²) in [5, 5.41) is 16.5. The number of nitrogens with zero attached hydrogens (tertiary/aromatic N) is 3. The van der Waals surface area contributed by atoms with Gasteiger partial charge in [-0.3, -0.25) is 4.72 Å². The van der Waals surface area contributed by atoms with Crippen LogP contribution in [0.2, 0.25) is 0 Å². The van der Waals surface area contributed by atoms with E-state index in [0.717, 1.165) is 18.0 Å². The Morgan fingerprint density at radius 1 is 0.897 bits per heavy atom. The smallest absolute Gasteiger partial charge is 0.478 e. The number of piperazine rings is 1. The van der Waals surface area contributed by atoms with Crippen LogP contribution in [0.3, 0.4) is 0 Å². The fraction of sp³-hybridized carbons (Fsp3) is 0.208. The maximum atomic E-state index is 13.6. The van der Waals surface area contributed by atoms with Crippen LogP contribution < -0.4 is 14.5 Å². The van der Waals surface area contributed by atoms with Crippen molar-refractivity contribution in [1.82, 2.24) is 4.98 Å². The number of hydrogen-bond acceptors (Lipinski definition) is 7. The van der Waals surface area contributed by atoms with Crippen LogP contribution in [0.1, 0.15) is 10.4 Å². The van der Waals surface area contributed by atoms with E-state index in [1.807, 2.05) is 23.1 Å². The predicted octanol–water partition coefficient (Wildman–Crippen LogP) is 3.68. The normalized spacial score (nSPS) is 13.7. The predicted molar refractivity (Wildman–Crippen MR) is 133 cm³/mol. The molecular weight excluding hydrogens is 548 g/mol. The van der Waals surface area contributed by atoms with Crippen LogP contribution in [0.5, 0.6) is 0 Å². The molecule has 1 saturated heterocycles. The van der Waals surface area contributed by atoms with Gasteiger partial charge in [-0.2, -0.15) is 13.2 Å². The zero-order valence-corrected chi connectivity index (χ0v) is 20.8. The summed E-state index contributed by atoms with van der Waals surface area (Å²) in [6.45, 7) is 2.48. The average Bonchev–Trinajstić information content (AvgIpc) is 2.89. The van der Waals surface area contributed by atoms with Gasteiger partial charge in [-0.15, -0.1) is 0 Å². The van der Waals surface area contributed by atoms with E-state index in [1.165, 1.54) is 24.3 Å². The minimum Gasteiger partial charge on any atom is -0.478 e. The van der Waals surface area contributed by atoms with Crippen LogP contribution >= 0.6 is 0 Å². The van der Waals surface area contributed by atoms with Crippen molar-refractivity contribution >= 4 is 39.2 Å². The van der Waals surface area contributed by atoms with Crippen LogP contribution in [0, 0.1) is 5.82 Å². The van der Waals surface area contributed by atoms with Crippen LogP contribution in [-0.4, -0.2) is 67.9 Å². The minimum absolute atomic E-state index is 0.0576. The van der Waals surface area contributed by atoms with Crippen molar-refractivity contribution < 1.29 is 45.8 Å². The number of nitrogens with one attached hydrogen (secondary N) is 1. The standard InChI is InChI=1S/C22H21FN4O4S.C2HF3O2/c23-17-4-3-5-18(15-17)32(30,31)25-19-14-16(22(28)29)7-8-20(19)26-10-12-27(13-11-26)21-6-1-2-9-24-21;3-2(4,5)1(6)7/h1-9,14-15,25H,10-13H2,(H,28,29);(H,6,7). The number of aromatic nitrogens is 1. The van der Waals surface area contributed by atoms with E-state index in [-0.39, 0.29) is 16.1 Å². The summed E-state index contributed by atoms with van der Waals surface area (Å²) < 4.78 is 73.4. The van der Waals surface area contributed by atoms with Crippen molar-refractivity contribution in [2.75, 3.05) is 40.7 Å². The van der Waals surface area contributed by atoms with Gasteiger partial charge in [0.15, 0.2) is 0 Å². The number of sulfonamides is 1. The number of carbonyl (C=O) groups is 2. The molecule has 0 amide bonds. The highest BCUT2D eigenvalue weighted by atomic mass is 32.2. The van der Waals surface area contributed by atoms with E-state index in [9.17, 15) is 35.9 Å². The van der Waals surface area contributed by atoms with Crippen molar-refractivity contribution in [2.45, 2.75) is 11.1 Å². The van der Waals surface area contributed by atoms with Gasteiger partial charge in [0.1, 0.15) is 11.6 Å². The molecule has 39 heavy (non-hydrogen) atoms. The molecule has 1 fully saturated rings. The third-order valence-electron chi connectivity index (χ3n) is 5.43. The molecule has 3 N–H and O–H groups in total. The second-order valence-electron chi connectivity index (χ2n) is 8.06. The van der Waals surface area contributed by atoms with E-state index in [2.05, 4.69) is 14.6 Å². The number of benzene rings is 2. The molecule has 4 rings (SSSR count). The van der Waals surface area contributed by atoms with Crippen LogP contribution in [0.15, 0.2) is 71.8 Å². The molecule has 15 heteroatoms. The largest absolute Gasteiger partial charge is 0.490 e. The first-order valence-electron chi connectivity index (χ1n) is 11.1. The van der Waals surface area contributed by atoms with Crippen molar-refractivity contribution in [3.63, 3.8) is 0 Å². The Hall–Kier alpha value is -4.40. The van der Waals surface area contributed by atoms with E-state index in [1.54, 1.807) is 12.3 Å². The highest BCUT2D eigenvalue weighted by Crippen LogP contribution is 2.31. The first kappa shape index (κ1) is 29.2. The van der Waals surface area contributed by atoms with Crippen molar-refractivity contribution in [3.8, 4) is 0 Å². The van der Waals surface area contributed by atoms with E-state index in [0.29, 0.717) is 31.9 Å². The summed E-state index contributed by atoms with van der Waals surface area (Å²) in [5.41, 5.74) is 0.619. The Kier molecular flexibility index (Phi) is 8.96. The fourth-order valence-electron chi connectivity index (χ4n) is 3.58. The number of carboxylic acid groups (broad SMARTS) is 2. The molecule has 10 nitrogen and oxygen atoms in total. The van der Waals surface area contributed by atoms with Gasteiger partial charge in [-0.25, -0.2) is 27.4 Å². The Morgan fingerprint density at radius 2 is 1.54 bits per heavy atom. The third-order valence-corrected chi connectivity index (χ3v) is 6.79. The number of carboxylic acids is 2. The van der Waals surface area contributed by atoms with E-state index >= 15 is 0 Å². The molecule has 2 aromatic carbocycles. The monoisotopic (exact) mass is 570 g/mol. The lowest BCUT2D eigenvalue weighted by Gasteiger charge is -2.37. The zero-order chi connectivity index (χ0) is 28.8. The molecule has 208 valence electrons. The molecule has 0 spiro atoms. The Bertz CT molecular complexity index is 1430. The molecule has 0 atom stereocenters.